The van der Waals surface area contributed by atoms with E-state index in [1.54, 1.807) is 0 Å². The fraction of sp³-hybridized carbons (Fsp3) is 0.667. The minimum Gasteiger partial charge on any atom is -0.333 e. The minimum atomic E-state index is -2.96. The monoisotopic (exact) mass is 240 g/mol. The Morgan fingerprint density at radius 1 is 1.36 bits per heavy atom. The third-order valence-electron chi connectivity index (χ3n) is 1.62. The van der Waals surface area contributed by atoms with Crippen molar-refractivity contribution >= 4 is 33.4 Å². The molecule has 1 heterocycles. The van der Waals surface area contributed by atoms with E-state index in [0.29, 0.717) is 0 Å². The van der Waals surface area contributed by atoms with Gasteiger partial charge in [0.05, 0.1) is 17.5 Å². The van der Waals surface area contributed by atoms with Crippen molar-refractivity contribution in [3.8, 4) is 0 Å². The van der Waals surface area contributed by atoms with Crippen LogP contribution in [0.2, 0.25) is 0 Å². The van der Waals surface area contributed by atoms with Crippen molar-refractivity contribution in [1.29, 1.82) is 0 Å². The molecule has 0 aromatic rings. The minimum absolute atomic E-state index is 0.0739. The summed E-state index contributed by atoms with van der Waals surface area (Å²) in [6.07, 6.45) is 0. The molecule has 6 nitrogen and oxygen atoms in total. The average molecular weight is 241 g/mol. The second-order valence-corrected chi connectivity index (χ2v) is 5.35. The number of sulfone groups is 1. The van der Waals surface area contributed by atoms with Crippen LogP contribution in [0.3, 0.4) is 0 Å². The maximum Gasteiger partial charge on any atom is 0.321 e. The van der Waals surface area contributed by atoms with Gasteiger partial charge in [0.1, 0.15) is 5.88 Å². The molecule has 0 atom stereocenters. The number of alkyl halides is 1. The van der Waals surface area contributed by atoms with Crippen LogP contribution in [0, 0.1) is 0 Å². The van der Waals surface area contributed by atoms with Gasteiger partial charge < -0.3 is 5.32 Å². The second-order valence-electron chi connectivity index (χ2n) is 2.93. The molecule has 1 aliphatic heterocycles. The van der Waals surface area contributed by atoms with Gasteiger partial charge in [-0.25, -0.2) is 13.2 Å². The third-order valence-corrected chi connectivity index (χ3v) is 3.68. The van der Waals surface area contributed by atoms with E-state index in [4.69, 9.17) is 11.6 Å². The van der Waals surface area contributed by atoms with Crippen LogP contribution in [-0.4, -0.2) is 43.8 Å². The Labute approximate surface area is 85.9 Å². The Balaban J connectivity index is 2.26. The first-order chi connectivity index (χ1) is 6.43. The summed E-state index contributed by atoms with van der Waals surface area (Å²) in [5.41, 5.74) is 0. The molecule has 0 aromatic heterocycles. The topological polar surface area (TPSA) is 92.3 Å². The molecule has 0 saturated carbocycles. The highest BCUT2D eigenvalue weighted by atomic mass is 35.5. The molecule has 14 heavy (non-hydrogen) atoms. The lowest BCUT2D eigenvalue weighted by Gasteiger charge is -2.26. The van der Waals surface area contributed by atoms with E-state index in [1.807, 2.05) is 5.32 Å². The van der Waals surface area contributed by atoms with E-state index in [1.165, 1.54) is 0 Å². The fourth-order valence-corrected chi connectivity index (χ4v) is 2.39. The predicted octanol–water partition coefficient (Wildman–Crippen LogP) is -1.15. The van der Waals surface area contributed by atoms with Crippen molar-refractivity contribution < 1.29 is 18.0 Å². The summed E-state index contributed by atoms with van der Waals surface area (Å²) in [7, 11) is -2.96. The van der Waals surface area contributed by atoms with Gasteiger partial charge in [-0.3, -0.25) is 10.1 Å². The Kier molecular flexibility index (Phi) is 3.33. The molecule has 1 rings (SSSR count). The van der Waals surface area contributed by atoms with Crippen LogP contribution in [0.1, 0.15) is 0 Å². The van der Waals surface area contributed by atoms with Crippen LogP contribution >= 0.6 is 11.6 Å². The molecular weight excluding hydrogens is 232 g/mol. The number of rotatable bonds is 2. The molecule has 0 spiro atoms. The highest BCUT2D eigenvalue weighted by molar-refractivity contribution is 7.92. The molecule has 3 amide bonds. The number of urea groups is 1. The van der Waals surface area contributed by atoms with Crippen molar-refractivity contribution in [3.63, 3.8) is 0 Å². The maximum atomic E-state index is 10.9. The van der Waals surface area contributed by atoms with E-state index in [2.05, 4.69) is 5.32 Å². The van der Waals surface area contributed by atoms with Crippen molar-refractivity contribution in [2.75, 3.05) is 17.4 Å². The summed E-state index contributed by atoms with van der Waals surface area (Å²) in [5.74, 6) is -1.08. The summed E-state index contributed by atoms with van der Waals surface area (Å²) in [6, 6.07) is -1.11. The third kappa shape index (κ3) is 3.15. The quantitative estimate of drug-likeness (QED) is 0.596. The van der Waals surface area contributed by atoms with Crippen molar-refractivity contribution in [2.24, 2.45) is 0 Å². The first kappa shape index (κ1) is 11.3. The van der Waals surface area contributed by atoms with Crippen LogP contribution in [0.5, 0.6) is 0 Å². The highest BCUT2D eigenvalue weighted by Crippen LogP contribution is 2.09. The average Bonchev–Trinajstić information content (AvgIpc) is 2.00. The van der Waals surface area contributed by atoms with E-state index < -0.39 is 27.8 Å². The van der Waals surface area contributed by atoms with Crippen LogP contribution in [0.4, 0.5) is 4.79 Å². The van der Waals surface area contributed by atoms with Crippen molar-refractivity contribution in [1.82, 2.24) is 10.6 Å². The standard InChI is InChI=1S/C6H9ClN2O4S/c7-1-5(10)9-6(11)8-4-2-14(12,13)3-4/h4H,1-3H2,(H2,8,9,10,11). The Morgan fingerprint density at radius 3 is 2.36 bits per heavy atom. The zero-order valence-electron chi connectivity index (χ0n) is 7.12. The summed E-state index contributed by atoms with van der Waals surface area (Å²) in [5, 5.41) is 4.27. The number of imide groups is 1. The number of hydrogen-bond donors (Lipinski definition) is 2. The molecule has 1 aliphatic rings. The zero-order valence-corrected chi connectivity index (χ0v) is 8.69. The summed E-state index contributed by atoms with van der Waals surface area (Å²) in [6.45, 7) is 0. The normalized spacial score (nSPS) is 19.5. The summed E-state index contributed by atoms with van der Waals surface area (Å²) in [4.78, 5) is 21.5. The molecule has 0 unspecified atom stereocenters. The molecule has 8 heteroatoms. The van der Waals surface area contributed by atoms with Gasteiger partial charge in [0.2, 0.25) is 5.91 Å². The molecule has 1 saturated heterocycles. The first-order valence-electron chi connectivity index (χ1n) is 3.79. The van der Waals surface area contributed by atoms with Gasteiger partial charge >= 0.3 is 6.03 Å². The number of hydrogen-bond acceptors (Lipinski definition) is 4. The summed E-state index contributed by atoms with van der Waals surface area (Å²) >= 11 is 5.14. The van der Waals surface area contributed by atoms with Crippen molar-refractivity contribution in [2.45, 2.75) is 6.04 Å². The van der Waals surface area contributed by atoms with E-state index in [-0.39, 0.29) is 17.4 Å². The van der Waals surface area contributed by atoms with Crippen molar-refractivity contribution in [3.05, 3.63) is 0 Å². The number of halogens is 1. The molecule has 0 bridgehead atoms. The number of carbonyl (C=O) groups excluding carboxylic acids is 2. The highest BCUT2D eigenvalue weighted by Gasteiger charge is 2.34. The Bertz CT molecular complexity index is 341. The zero-order chi connectivity index (χ0) is 10.8. The molecular formula is C6H9ClN2O4S. The fourth-order valence-electron chi connectivity index (χ4n) is 1.03. The largest absolute Gasteiger partial charge is 0.333 e. The lowest BCUT2D eigenvalue weighted by molar-refractivity contribution is -0.117. The lowest BCUT2D eigenvalue weighted by Crippen LogP contribution is -2.56. The van der Waals surface area contributed by atoms with Gasteiger partial charge in [-0.1, -0.05) is 0 Å². The van der Waals surface area contributed by atoms with E-state index in [0.717, 1.165) is 0 Å². The van der Waals surface area contributed by atoms with Gasteiger partial charge in [0, 0.05) is 0 Å². The van der Waals surface area contributed by atoms with Gasteiger partial charge in [0.15, 0.2) is 9.84 Å². The maximum absolute atomic E-state index is 10.9. The van der Waals surface area contributed by atoms with E-state index >= 15 is 0 Å². The second kappa shape index (κ2) is 4.14. The molecule has 80 valence electrons. The molecule has 0 aliphatic carbocycles. The predicted molar refractivity (Wildman–Crippen MR) is 49.8 cm³/mol. The number of nitrogens with one attached hydrogen (secondary N) is 2. The van der Waals surface area contributed by atoms with Crippen LogP contribution in [0.25, 0.3) is 0 Å². The first-order valence-corrected chi connectivity index (χ1v) is 6.15. The summed E-state index contributed by atoms with van der Waals surface area (Å²) < 4.78 is 21.4. The Morgan fingerprint density at radius 2 is 1.93 bits per heavy atom. The van der Waals surface area contributed by atoms with Gasteiger partial charge in [0.25, 0.3) is 0 Å². The SMILES string of the molecule is O=C(CCl)NC(=O)NC1CS(=O)(=O)C1. The Hall–Kier alpha value is -0.820. The smallest absolute Gasteiger partial charge is 0.321 e. The van der Waals surface area contributed by atoms with Crippen LogP contribution in [-0.2, 0) is 14.6 Å². The van der Waals surface area contributed by atoms with Crippen LogP contribution in [0.15, 0.2) is 0 Å². The van der Waals surface area contributed by atoms with E-state index in [9.17, 15) is 18.0 Å². The number of carbonyl (C=O) groups is 2. The van der Waals surface area contributed by atoms with Crippen LogP contribution < -0.4 is 10.6 Å². The molecule has 0 radical (unpaired) electrons. The molecule has 1 fully saturated rings. The van der Waals surface area contributed by atoms with Gasteiger partial charge in [-0.05, 0) is 0 Å². The van der Waals surface area contributed by atoms with Gasteiger partial charge in [-0.2, -0.15) is 0 Å². The lowest BCUT2D eigenvalue weighted by atomic mass is 10.4. The van der Waals surface area contributed by atoms with Gasteiger partial charge in [-0.15, -0.1) is 11.6 Å². The molecule has 2 N–H and O–H groups in total. The molecule has 0 aromatic carbocycles. The number of amides is 3.